The van der Waals surface area contributed by atoms with Crippen molar-refractivity contribution in [1.82, 2.24) is 4.90 Å². The summed E-state index contributed by atoms with van der Waals surface area (Å²) in [5.41, 5.74) is 1.57. The van der Waals surface area contributed by atoms with Crippen molar-refractivity contribution in [3.63, 3.8) is 0 Å². The lowest BCUT2D eigenvalue weighted by atomic mass is 10.00. The van der Waals surface area contributed by atoms with Gasteiger partial charge in [-0.05, 0) is 26.0 Å². The Morgan fingerprint density at radius 1 is 1.38 bits per heavy atom. The van der Waals surface area contributed by atoms with Gasteiger partial charge in [-0.3, -0.25) is 4.99 Å². The number of hydrogen-bond donors (Lipinski definition) is 0. The second-order valence-corrected chi connectivity index (χ2v) is 4.36. The minimum atomic E-state index is 0.424. The highest BCUT2D eigenvalue weighted by Crippen LogP contribution is 2.16. The van der Waals surface area contributed by atoms with Gasteiger partial charge in [0.15, 0.2) is 0 Å². The van der Waals surface area contributed by atoms with E-state index in [-0.39, 0.29) is 0 Å². The zero-order valence-corrected chi connectivity index (χ0v) is 10.4. The molecule has 0 spiro atoms. The lowest BCUT2D eigenvalue weighted by Crippen LogP contribution is -2.26. The van der Waals surface area contributed by atoms with Crippen molar-refractivity contribution < 1.29 is 0 Å². The number of likely N-dealkylation sites (tertiary alicyclic amines) is 1. The van der Waals surface area contributed by atoms with Crippen molar-refractivity contribution >= 4 is 6.21 Å². The van der Waals surface area contributed by atoms with Crippen molar-refractivity contribution in [2.24, 2.45) is 10.9 Å². The van der Waals surface area contributed by atoms with Gasteiger partial charge in [0.1, 0.15) is 0 Å². The molecular formula is C14H22N2. The second-order valence-electron chi connectivity index (χ2n) is 4.36. The first-order valence-electron chi connectivity index (χ1n) is 5.91. The van der Waals surface area contributed by atoms with E-state index in [1.807, 2.05) is 12.3 Å². The molecule has 16 heavy (non-hydrogen) atoms. The van der Waals surface area contributed by atoms with Crippen molar-refractivity contribution in [3.8, 4) is 0 Å². The summed E-state index contributed by atoms with van der Waals surface area (Å²) in [7, 11) is 2.18. The van der Waals surface area contributed by atoms with Crippen LogP contribution in [0.4, 0.5) is 0 Å². The van der Waals surface area contributed by atoms with Crippen LogP contribution >= 0.6 is 0 Å². The Bertz CT molecular complexity index is 290. The van der Waals surface area contributed by atoms with E-state index >= 15 is 0 Å². The van der Waals surface area contributed by atoms with Gasteiger partial charge in [-0.15, -0.1) is 0 Å². The number of nitrogens with zero attached hydrogens (tertiary/aromatic N) is 2. The molecule has 1 aliphatic rings. The molecule has 1 atom stereocenters. The fourth-order valence-corrected chi connectivity index (χ4v) is 1.78. The van der Waals surface area contributed by atoms with Crippen LogP contribution in [-0.2, 0) is 0 Å². The Labute approximate surface area is 99.1 Å². The van der Waals surface area contributed by atoms with Crippen LogP contribution in [0.15, 0.2) is 41.6 Å². The Balaban J connectivity index is 2.40. The summed E-state index contributed by atoms with van der Waals surface area (Å²) >= 11 is 0. The maximum Gasteiger partial charge on any atom is 0.0263 e. The Kier molecular flexibility index (Phi) is 5.79. The van der Waals surface area contributed by atoms with Crippen LogP contribution in [0, 0.1) is 5.92 Å². The first kappa shape index (κ1) is 12.9. The highest BCUT2D eigenvalue weighted by molar-refractivity contribution is 5.63. The summed E-state index contributed by atoms with van der Waals surface area (Å²) in [5, 5.41) is 0. The molecule has 2 nitrogen and oxygen atoms in total. The molecule has 0 amide bonds. The zero-order chi connectivity index (χ0) is 11.8. The third-order valence-corrected chi connectivity index (χ3v) is 2.76. The maximum absolute atomic E-state index is 4.21. The summed E-state index contributed by atoms with van der Waals surface area (Å²) in [6, 6.07) is 0. The Morgan fingerprint density at radius 3 is 2.69 bits per heavy atom. The van der Waals surface area contributed by atoms with Gasteiger partial charge in [0, 0.05) is 31.4 Å². The smallest absolute Gasteiger partial charge is 0.0263 e. The lowest BCUT2D eigenvalue weighted by molar-refractivity contribution is 0.312. The average molecular weight is 218 g/mol. The molecular weight excluding hydrogens is 196 g/mol. The van der Waals surface area contributed by atoms with Crippen LogP contribution in [0.3, 0.4) is 0 Å². The van der Waals surface area contributed by atoms with Crippen molar-refractivity contribution in [3.05, 3.63) is 36.6 Å². The molecule has 0 radical (unpaired) electrons. The van der Waals surface area contributed by atoms with Crippen LogP contribution in [0.5, 0.6) is 0 Å². The molecule has 0 aliphatic carbocycles. The molecule has 0 aromatic rings. The molecule has 1 saturated heterocycles. The SMILES string of the molecule is C=C/C=C\N=C/C(C)C=C1CCN(C)CC1. The quantitative estimate of drug-likeness (QED) is 0.402. The van der Waals surface area contributed by atoms with E-state index in [1.165, 1.54) is 25.9 Å². The molecule has 2 heteroatoms. The monoisotopic (exact) mass is 218 g/mol. The molecule has 1 rings (SSSR count). The second kappa shape index (κ2) is 7.18. The minimum Gasteiger partial charge on any atom is -0.306 e. The summed E-state index contributed by atoms with van der Waals surface area (Å²) in [6.07, 6.45) is 12.1. The lowest BCUT2D eigenvalue weighted by Gasteiger charge is -2.24. The van der Waals surface area contributed by atoms with Gasteiger partial charge in [0.05, 0.1) is 0 Å². The van der Waals surface area contributed by atoms with Crippen molar-refractivity contribution in [2.75, 3.05) is 20.1 Å². The largest absolute Gasteiger partial charge is 0.306 e. The van der Waals surface area contributed by atoms with Crippen LogP contribution in [0.1, 0.15) is 19.8 Å². The summed E-state index contributed by atoms with van der Waals surface area (Å²) in [5.74, 6) is 0.424. The standard InChI is InChI=1S/C14H22N2/c1-4-5-8-15-12-13(2)11-14-6-9-16(3)10-7-14/h4-5,8,11-13H,1,6-7,9-10H2,2-3H3/b8-5-,15-12-. The first-order chi connectivity index (χ1) is 7.72. The third kappa shape index (κ3) is 5.08. The van der Waals surface area contributed by atoms with Gasteiger partial charge >= 0.3 is 0 Å². The minimum absolute atomic E-state index is 0.424. The van der Waals surface area contributed by atoms with Crippen LogP contribution in [0.25, 0.3) is 0 Å². The molecule has 0 aromatic carbocycles. The van der Waals surface area contributed by atoms with Crippen LogP contribution < -0.4 is 0 Å². The highest BCUT2D eigenvalue weighted by Gasteiger charge is 2.09. The van der Waals surface area contributed by atoms with Crippen molar-refractivity contribution in [2.45, 2.75) is 19.8 Å². The topological polar surface area (TPSA) is 15.6 Å². The molecule has 0 N–H and O–H groups in total. The Hall–Kier alpha value is -1.15. The van der Waals surface area contributed by atoms with Crippen molar-refractivity contribution in [1.29, 1.82) is 0 Å². The van der Waals surface area contributed by atoms with Gasteiger partial charge in [0.25, 0.3) is 0 Å². The fourth-order valence-electron chi connectivity index (χ4n) is 1.78. The summed E-state index contributed by atoms with van der Waals surface area (Å²) < 4.78 is 0. The van der Waals surface area contributed by atoms with Gasteiger partial charge in [-0.25, -0.2) is 0 Å². The van der Waals surface area contributed by atoms with Gasteiger partial charge in [-0.2, -0.15) is 0 Å². The number of aliphatic imine (C=N–C) groups is 1. The third-order valence-electron chi connectivity index (χ3n) is 2.76. The van der Waals surface area contributed by atoms with E-state index in [2.05, 4.69) is 36.5 Å². The number of piperidine rings is 1. The molecule has 88 valence electrons. The van der Waals surface area contributed by atoms with Gasteiger partial charge in [0.2, 0.25) is 0 Å². The number of allylic oxidation sites excluding steroid dienone is 3. The van der Waals surface area contributed by atoms with E-state index < -0.39 is 0 Å². The molecule has 0 bridgehead atoms. The fraction of sp³-hybridized carbons (Fsp3) is 0.500. The van der Waals surface area contributed by atoms with E-state index in [1.54, 1.807) is 17.8 Å². The molecule has 1 aliphatic heterocycles. The molecule has 1 unspecified atom stereocenters. The molecule has 1 fully saturated rings. The normalized spacial score (nSPS) is 20.5. The van der Waals surface area contributed by atoms with E-state index in [9.17, 15) is 0 Å². The van der Waals surface area contributed by atoms with Crippen LogP contribution in [0.2, 0.25) is 0 Å². The summed E-state index contributed by atoms with van der Waals surface area (Å²) in [6.45, 7) is 8.15. The molecule has 0 saturated carbocycles. The zero-order valence-electron chi connectivity index (χ0n) is 10.4. The predicted octanol–water partition coefficient (Wildman–Crippen LogP) is 3.05. The van der Waals surface area contributed by atoms with E-state index in [0.29, 0.717) is 5.92 Å². The molecule has 1 heterocycles. The number of rotatable bonds is 4. The van der Waals surface area contributed by atoms with Gasteiger partial charge in [-0.1, -0.05) is 31.2 Å². The average Bonchev–Trinajstić information content (AvgIpc) is 2.28. The molecule has 0 aromatic heterocycles. The summed E-state index contributed by atoms with van der Waals surface area (Å²) in [4.78, 5) is 6.59. The predicted molar refractivity (Wildman–Crippen MR) is 71.8 cm³/mol. The van der Waals surface area contributed by atoms with E-state index in [4.69, 9.17) is 0 Å². The maximum atomic E-state index is 4.21. The highest BCUT2D eigenvalue weighted by atomic mass is 15.1. The first-order valence-corrected chi connectivity index (χ1v) is 5.91. The van der Waals surface area contributed by atoms with Crippen LogP contribution in [-0.4, -0.2) is 31.3 Å². The van der Waals surface area contributed by atoms with E-state index in [0.717, 1.165) is 0 Å². The Morgan fingerprint density at radius 2 is 2.06 bits per heavy atom. The van der Waals surface area contributed by atoms with Gasteiger partial charge < -0.3 is 4.90 Å². The number of hydrogen-bond acceptors (Lipinski definition) is 2.